The third-order valence-electron chi connectivity index (χ3n) is 5.83. The third kappa shape index (κ3) is 5.59. The van der Waals surface area contributed by atoms with Gasteiger partial charge >= 0.3 is 0 Å². The molecule has 2 heterocycles. The summed E-state index contributed by atoms with van der Waals surface area (Å²) in [6.45, 7) is 5.15. The van der Waals surface area contributed by atoms with Gasteiger partial charge in [-0.25, -0.2) is 9.37 Å². The Balaban J connectivity index is 1.71. The number of halogens is 1. The van der Waals surface area contributed by atoms with Gasteiger partial charge in [0.2, 0.25) is 5.88 Å². The van der Waals surface area contributed by atoms with Crippen molar-refractivity contribution in [3.8, 4) is 5.88 Å². The van der Waals surface area contributed by atoms with Crippen molar-refractivity contribution >= 4 is 11.6 Å². The van der Waals surface area contributed by atoms with Crippen LogP contribution in [0.1, 0.15) is 30.8 Å². The summed E-state index contributed by atoms with van der Waals surface area (Å²) in [5.74, 6) is 0.720. The second-order valence-corrected chi connectivity index (χ2v) is 8.34. The number of carbonyl (C=O) groups excluding carboxylic acids is 1. The fourth-order valence-electron chi connectivity index (χ4n) is 3.43. The molecule has 1 saturated heterocycles. The topological polar surface area (TPSA) is 93.2 Å². The summed E-state index contributed by atoms with van der Waals surface area (Å²) in [7, 11) is 1.69. The monoisotopic (exact) mass is 425 g/mol. The number of aliphatic hydroxyl groups excluding tert-OH is 1. The summed E-state index contributed by atoms with van der Waals surface area (Å²) >= 11 is 0. The van der Waals surface area contributed by atoms with Crippen LogP contribution in [0, 0.1) is 17.8 Å². The second-order valence-electron chi connectivity index (χ2n) is 8.34. The first-order valence-electron chi connectivity index (χ1n) is 10.4. The van der Waals surface area contributed by atoms with Crippen LogP contribution in [0.15, 0.2) is 12.1 Å². The van der Waals surface area contributed by atoms with Gasteiger partial charge in [-0.1, -0.05) is 13.8 Å². The SMILES string of the molecule is COC1CN(c2ccc(C(=O)NC(COCF)C(C)C)nc2OC[C@H]2C[C@@H]2CO)C1. The molecule has 3 rings (SSSR count). The summed E-state index contributed by atoms with van der Waals surface area (Å²) in [5, 5.41) is 12.1. The van der Waals surface area contributed by atoms with Crippen molar-refractivity contribution in [2.45, 2.75) is 32.4 Å². The van der Waals surface area contributed by atoms with Crippen LogP contribution in [-0.2, 0) is 9.47 Å². The normalized spacial score (nSPS) is 22.0. The maximum atomic E-state index is 12.7. The van der Waals surface area contributed by atoms with Crippen molar-refractivity contribution in [2.75, 3.05) is 51.8 Å². The predicted octanol–water partition coefficient (Wildman–Crippen LogP) is 1.62. The van der Waals surface area contributed by atoms with Gasteiger partial charge in [0, 0.05) is 26.8 Å². The van der Waals surface area contributed by atoms with E-state index in [4.69, 9.17) is 14.2 Å². The molecule has 1 amide bonds. The van der Waals surface area contributed by atoms with E-state index in [0.717, 1.165) is 25.2 Å². The molecule has 8 nitrogen and oxygen atoms in total. The molecule has 168 valence electrons. The lowest BCUT2D eigenvalue weighted by atomic mass is 10.1. The van der Waals surface area contributed by atoms with Gasteiger partial charge < -0.3 is 29.5 Å². The van der Waals surface area contributed by atoms with Crippen molar-refractivity contribution in [2.24, 2.45) is 17.8 Å². The number of rotatable bonds is 12. The van der Waals surface area contributed by atoms with E-state index >= 15 is 0 Å². The first-order chi connectivity index (χ1) is 14.5. The molecule has 1 aliphatic heterocycles. The van der Waals surface area contributed by atoms with Crippen molar-refractivity contribution in [3.63, 3.8) is 0 Å². The van der Waals surface area contributed by atoms with Crippen LogP contribution in [0.5, 0.6) is 5.88 Å². The number of aliphatic hydroxyl groups is 1. The summed E-state index contributed by atoms with van der Waals surface area (Å²) in [6.07, 6.45) is 1.11. The number of pyridine rings is 1. The Bertz CT molecular complexity index is 714. The number of nitrogens with zero attached hydrogens (tertiary/aromatic N) is 2. The largest absolute Gasteiger partial charge is 0.476 e. The molecule has 9 heteroatoms. The minimum absolute atomic E-state index is 0.0767. The number of alkyl halides is 1. The Morgan fingerprint density at radius 2 is 2.13 bits per heavy atom. The molecule has 1 unspecified atom stereocenters. The highest BCUT2D eigenvalue weighted by Crippen LogP contribution is 2.39. The molecule has 1 saturated carbocycles. The molecule has 0 aromatic carbocycles. The van der Waals surface area contributed by atoms with Crippen molar-refractivity contribution in [3.05, 3.63) is 17.8 Å². The summed E-state index contributed by atoms with van der Waals surface area (Å²) < 4.78 is 28.5. The summed E-state index contributed by atoms with van der Waals surface area (Å²) in [5.41, 5.74) is 1.06. The molecule has 30 heavy (non-hydrogen) atoms. The van der Waals surface area contributed by atoms with Crippen LogP contribution < -0.4 is 15.0 Å². The van der Waals surface area contributed by atoms with Gasteiger partial charge in [-0.05, 0) is 36.3 Å². The van der Waals surface area contributed by atoms with Crippen LogP contribution >= 0.6 is 0 Å². The number of nitrogens with one attached hydrogen (secondary N) is 1. The molecule has 2 fully saturated rings. The lowest BCUT2D eigenvalue weighted by molar-refractivity contribution is 0.0343. The molecule has 0 radical (unpaired) electrons. The minimum Gasteiger partial charge on any atom is -0.476 e. The number of carbonyl (C=O) groups is 1. The quantitative estimate of drug-likeness (QED) is 0.526. The number of methoxy groups -OCH3 is 1. The highest BCUT2D eigenvalue weighted by molar-refractivity contribution is 5.93. The average Bonchev–Trinajstić information content (AvgIpc) is 3.47. The number of ether oxygens (including phenoxy) is 3. The standard InChI is InChI=1S/C21H32FN3O5/c1-13(2)18(11-29-12-22)23-20(27)17-4-5-19(25-7-16(8-25)28-3)21(24-17)30-10-15-6-14(15)9-26/h4-5,13-16,18,26H,6-12H2,1-3H3,(H,23,27)/t14-,15-,18?/m1/s1. The van der Waals surface area contributed by atoms with Crippen LogP contribution in [0.4, 0.5) is 10.1 Å². The Labute approximate surface area is 176 Å². The van der Waals surface area contributed by atoms with Gasteiger partial charge in [-0.3, -0.25) is 4.79 Å². The van der Waals surface area contributed by atoms with E-state index < -0.39 is 6.86 Å². The molecule has 0 spiro atoms. The first-order valence-corrected chi connectivity index (χ1v) is 10.4. The Kier molecular flexibility index (Phi) is 7.85. The average molecular weight is 426 g/mol. The molecule has 1 aromatic rings. The van der Waals surface area contributed by atoms with E-state index in [9.17, 15) is 14.3 Å². The molecular formula is C21H32FN3O5. The Hall–Kier alpha value is -1.97. The first kappa shape index (κ1) is 22.7. The van der Waals surface area contributed by atoms with Gasteiger partial charge in [-0.2, -0.15) is 0 Å². The Morgan fingerprint density at radius 1 is 1.37 bits per heavy atom. The van der Waals surface area contributed by atoms with E-state index in [-0.39, 0.29) is 48.8 Å². The number of aromatic nitrogens is 1. The molecule has 3 atom stereocenters. The number of anilines is 1. The number of hydrogen-bond acceptors (Lipinski definition) is 7. The zero-order valence-corrected chi connectivity index (χ0v) is 17.8. The third-order valence-corrected chi connectivity index (χ3v) is 5.83. The van der Waals surface area contributed by atoms with Crippen LogP contribution in [0.3, 0.4) is 0 Å². The van der Waals surface area contributed by atoms with E-state index in [0.29, 0.717) is 18.4 Å². The van der Waals surface area contributed by atoms with Crippen LogP contribution in [-0.4, -0.2) is 75.0 Å². The second kappa shape index (κ2) is 10.4. The lowest BCUT2D eigenvalue weighted by Crippen LogP contribution is -2.52. The highest BCUT2D eigenvalue weighted by atomic mass is 19.1. The molecule has 1 aliphatic carbocycles. The van der Waals surface area contributed by atoms with E-state index in [1.807, 2.05) is 19.9 Å². The Morgan fingerprint density at radius 3 is 2.73 bits per heavy atom. The molecule has 2 aliphatic rings. The predicted molar refractivity (Wildman–Crippen MR) is 109 cm³/mol. The fourth-order valence-corrected chi connectivity index (χ4v) is 3.43. The zero-order valence-electron chi connectivity index (χ0n) is 17.8. The molecule has 2 N–H and O–H groups in total. The maximum absolute atomic E-state index is 12.7. The van der Waals surface area contributed by atoms with Crippen molar-refractivity contribution in [1.29, 1.82) is 0 Å². The number of amides is 1. The molecular weight excluding hydrogens is 393 g/mol. The smallest absolute Gasteiger partial charge is 0.270 e. The number of hydrogen-bond donors (Lipinski definition) is 2. The van der Waals surface area contributed by atoms with Gasteiger partial charge in [0.05, 0.1) is 25.4 Å². The van der Waals surface area contributed by atoms with E-state index in [1.165, 1.54) is 0 Å². The minimum atomic E-state index is -0.891. The van der Waals surface area contributed by atoms with Gasteiger partial charge in [0.1, 0.15) is 11.4 Å². The van der Waals surface area contributed by atoms with Gasteiger partial charge in [-0.15, -0.1) is 0 Å². The van der Waals surface area contributed by atoms with Crippen molar-refractivity contribution < 1.29 is 28.5 Å². The van der Waals surface area contributed by atoms with Crippen molar-refractivity contribution in [1.82, 2.24) is 10.3 Å². The van der Waals surface area contributed by atoms with Crippen LogP contribution in [0.25, 0.3) is 0 Å². The highest BCUT2D eigenvalue weighted by Gasteiger charge is 2.37. The lowest BCUT2D eigenvalue weighted by Gasteiger charge is -2.40. The van der Waals surface area contributed by atoms with E-state index in [2.05, 4.69) is 15.2 Å². The molecule has 0 bridgehead atoms. The van der Waals surface area contributed by atoms with E-state index in [1.54, 1.807) is 13.2 Å². The molecule has 1 aromatic heterocycles. The van der Waals surface area contributed by atoms with Gasteiger partial charge in [0.25, 0.3) is 5.91 Å². The maximum Gasteiger partial charge on any atom is 0.270 e. The summed E-state index contributed by atoms with van der Waals surface area (Å²) in [6, 6.07) is 3.18. The summed E-state index contributed by atoms with van der Waals surface area (Å²) in [4.78, 5) is 19.3. The van der Waals surface area contributed by atoms with Crippen LogP contribution in [0.2, 0.25) is 0 Å². The fraction of sp³-hybridized carbons (Fsp3) is 0.714. The zero-order chi connectivity index (χ0) is 21.7. The van der Waals surface area contributed by atoms with Gasteiger partial charge in [0.15, 0.2) is 6.86 Å².